The summed E-state index contributed by atoms with van der Waals surface area (Å²) in [5, 5.41) is 0.0927. The van der Waals surface area contributed by atoms with Crippen LogP contribution in [0.25, 0.3) is 11.1 Å². The Balaban J connectivity index is 1.15. The van der Waals surface area contributed by atoms with Gasteiger partial charge in [0, 0.05) is 17.2 Å². The van der Waals surface area contributed by atoms with E-state index in [0.717, 1.165) is 24.0 Å². The molecule has 2 fully saturated rings. The molecule has 1 aliphatic heterocycles. The van der Waals surface area contributed by atoms with Gasteiger partial charge in [-0.3, -0.25) is 14.4 Å². The van der Waals surface area contributed by atoms with Gasteiger partial charge >= 0.3 is 5.97 Å². The highest BCUT2D eigenvalue weighted by Gasteiger charge is 2.41. The number of carbonyl (C=O) groups is 4. The molecule has 1 atom stereocenters. The van der Waals surface area contributed by atoms with E-state index >= 15 is 0 Å². The normalized spacial score (nSPS) is 18.0. The first kappa shape index (κ1) is 25.9. The molecule has 7 heteroatoms. The van der Waals surface area contributed by atoms with E-state index in [9.17, 15) is 19.2 Å². The number of amides is 2. The van der Waals surface area contributed by atoms with Crippen LogP contribution in [0.1, 0.15) is 59.2 Å². The Morgan fingerprint density at radius 3 is 2.11 bits per heavy atom. The molecule has 3 aromatic rings. The van der Waals surface area contributed by atoms with Gasteiger partial charge in [-0.05, 0) is 48.2 Å². The number of ketones is 1. The first-order valence-electron chi connectivity index (χ1n) is 13.0. The van der Waals surface area contributed by atoms with Crippen LogP contribution in [0.5, 0.6) is 0 Å². The number of nitrogens with zero attached hydrogens (tertiary/aromatic N) is 1. The minimum Gasteiger partial charge on any atom is -0.454 e. The molecule has 1 unspecified atom stereocenters. The number of hydrogen-bond acceptors (Lipinski definition) is 6. The monoisotopic (exact) mass is 527 g/mol. The maximum atomic E-state index is 13.0. The summed E-state index contributed by atoms with van der Waals surface area (Å²) in [6, 6.07) is 23.2. The quantitative estimate of drug-likeness (QED) is 0.200. The Kier molecular flexibility index (Phi) is 8.03. The van der Waals surface area contributed by atoms with Gasteiger partial charge in [-0.25, -0.2) is 9.69 Å². The van der Waals surface area contributed by atoms with E-state index in [0.29, 0.717) is 16.5 Å². The fourth-order valence-electron chi connectivity index (χ4n) is 4.94. The van der Waals surface area contributed by atoms with Crippen molar-refractivity contribution in [3.05, 3.63) is 90.0 Å². The van der Waals surface area contributed by atoms with Crippen molar-refractivity contribution in [1.82, 2.24) is 0 Å². The molecular formula is C31H29NO5S. The van der Waals surface area contributed by atoms with Crippen molar-refractivity contribution in [3.8, 4) is 11.1 Å². The van der Waals surface area contributed by atoms with Crippen LogP contribution in [0.2, 0.25) is 0 Å². The molecule has 194 valence electrons. The van der Waals surface area contributed by atoms with Crippen LogP contribution in [-0.2, 0) is 14.3 Å². The van der Waals surface area contributed by atoms with Gasteiger partial charge in [0.25, 0.3) is 0 Å². The smallest absolute Gasteiger partial charge is 0.338 e. The fraction of sp³-hybridized carbons (Fsp3) is 0.290. The van der Waals surface area contributed by atoms with Crippen LogP contribution >= 0.6 is 11.8 Å². The summed E-state index contributed by atoms with van der Waals surface area (Å²) in [5.74, 6) is -1.35. The van der Waals surface area contributed by atoms with E-state index in [-0.39, 0.29) is 41.4 Å². The van der Waals surface area contributed by atoms with Crippen molar-refractivity contribution in [2.24, 2.45) is 0 Å². The molecule has 2 aliphatic rings. The molecule has 38 heavy (non-hydrogen) atoms. The lowest BCUT2D eigenvalue weighted by atomic mass is 10.0. The van der Waals surface area contributed by atoms with Gasteiger partial charge in [0.05, 0.1) is 16.5 Å². The number of anilines is 1. The third-order valence-corrected chi connectivity index (χ3v) is 8.58. The second-order valence-corrected chi connectivity index (χ2v) is 11.2. The van der Waals surface area contributed by atoms with Crippen LogP contribution in [-0.4, -0.2) is 40.7 Å². The highest BCUT2D eigenvalue weighted by atomic mass is 32.2. The van der Waals surface area contributed by atoms with Crippen molar-refractivity contribution in [3.63, 3.8) is 0 Å². The SMILES string of the molecule is O=C(COC(=O)c1ccc(N2C(=O)CC(SC3CCCCC3)C2=O)cc1)c1ccc(-c2ccccc2)cc1. The zero-order chi connectivity index (χ0) is 26.5. The number of thioether (sulfide) groups is 1. The van der Waals surface area contributed by atoms with Crippen molar-refractivity contribution < 1.29 is 23.9 Å². The van der Waals surface area contributed by atoms with Crippen molar-refractivity contribution in [1.29, 1.82) is 0 Å². The summed E-state index contributed by atoms with van der Waals surface area (Å²) in [4.78, 5) is 51.9. The molecule has 1 aliphatic carbocycles. The van der Waals surface area contributed by atoms with E-state index in [1.165, 1.54) is 36.3 Å². The number of carbonyl (C=O) groups excluding carboxylic acids is 4. The Bertz CT molecular complexity index is 1310. The predicted molar refractivity (Wildman–Crippen MR) is 148 cm³/mol. The van der Waals surface area contributed by atoms with E-state index in [4.69, 9.17) is 4.74 Å². The van der Waals surface area contributed by atoms with Crippen LogP contribution < -0.4 is 4.90 Å². The lowest BCUT2D eigenvalue weighted by Gasteiger charge is -2.23. The molecule has 0 spiro atoms. The maximum absolute atomic E-state index is 13.0. The minimum absolute atomic E-state index is 0.190. The van der Waals surface area contributed by atoms with E-state index in [1.807, 2.05) is 42.5 Å². The molecule has 5 rings (SSSR count). The molecule has 3 aromatic carbocycles. The van der Waals surface area contributed by atoms with Crippen molar-refractivity contribution >= 4 is 41.0 Å². The van der Waals surface area contributed by atoms with Gasteiger partial charge in [0.2, 0.25) is 11.8 Å². The number of rotatable bonds is 8. The number of imide groups is 1. The molecule has 0 bridgehead atoms. The molecule has 2 amide bonds. The van der Waals surface area contributed by atoms with Crippen molar-refractivity contribution in [2.45, 2.75) is 49.0 Å². The maximum Gasteiger partial charge on any atom is 0.338 e. The third-order valence-electron chi connectivity index (χ3n) is 7.02. The Hall–Kier alpha value is -3.71. The van der Waals surface area contributed by atoms with Gasteiger partial charge in [0.1, 0.15) is 0 Å². The number of ether oxygens (including phenoxy) is 1. The zero-order valence-corrected chi connectivity index (χ0v) is 21.8. The number of benzene rings is 3. The Labute approximate surface area is 226 Å². The zero-order valence-electron chi connectivity index (χ0n) is 21.0. The standard InChI is InChI=1S/C31H29NO5S/c33-27(23-13-11-22(12-14-23)21-7-3-1-4-8-21)20-37-31(36)24-15-17-25(18-16-24)32-29(34)19-28(30(32)35)38-26-9-5-2-6-10-26/h1,3-4,7-8,11-18,26,28H,2,5-6,9-10,19-20H2. The molecular weight excluding hydrogens is 498 g/mol. The van der Waals surface area contributed by atoms with Crippen molar-refractivity contribution in [2.75, 3.05) is 11.5 Å². The molecule has 6 nitrogen and oxygen atoms in total. The van der Waals surface area contributed by atoms with Crippen LogP contribution in [0.3, 0.4) is 0 Å². The summed E-state index contributed by atoms with van der Waals surface area (Å²) in [6.07, 6.45) is 6.01. The molecule has 1 saturated heterocycles. The average Bonchev–Trinajstić information content (AvgIpc) is 3.24. The van der Waals surface area contributed by atoms with Crippen LogP contribution in [0.4, 0.5) is 5.69 Å². The molecule has 1 saturated carbocycles. The summed E-state index contributed by atoms with van der Waals surface area (Å²) < 4.78 is 5.23. The van der Waals surface area contributed by atoms with Gasteiger partial charge in [-0.1, -0.05) is 73.9 Å². The number of esters is 1. The lowest BCUT2D eigenvalue weighted by molar-refractivity contribution is -0.121. The highest BCUT2D eigenvalue weighted by molar-refractivity contribution is 8.01. The highest BCUT2D eigenvalue weighted by Crippen LogP contribution is 2.37. The van der Waals surface area contributed by atoms with Crippen LogP contribution in [0, 0.1) is 0 Å². The molecule has 0 aromatic heterocycles. The predicted octanol–water partition coefficient (Wildman–Crippen LogP) is 6.09. The number of hydrogen-bond donors (Lipinski definition) is 0. The minimum atomic E-state index is -0.643. The number of Topliss-reactive ketones (excluding diaryl/α,β-unsaturated/α-hetero) is 1. The van der Waals surface area contributed by atoms with E-state index in [2.05, 4.69) is 0 Å². The Morgan fingerprint density at radius 2 is 1.42 bits per heavy atom. The van der Waals surface area contributed by atoms with Gasteiger partial charge < -0.3 is 4.74 Å². The summed E-state index contributed by atoms with van der Waals surface area (Å²) >= 11 is 1.64. The first-order valence-corrected chi connectivity index (χ1v) is 13.9. The second kappa shape index (κ2) is 11.8. The fourth-order valence-corrected chi connectivity index (χ4v) is 6.47. The van der Waals surface area contributed by atoms with Gasteiger partial charge in [0.15, 0.2) is 12.4 Å². The first-order chi connectivity index (χ1) is 18.5. The summed E-state index contributed by atoms with van der Waals surface area (Å²) in [5.41, 5.74) is 3.19. The average molecular weight is 528 g/mol. The Morgan fingerprint density at radius 1 is 0.789 bits per heavy atom. The van der Waals surface area contributed by atoms with Gasteiger partial charge in [-0.15, -0.1) is 11.8 Å². The molecule has 0 N–H and O–H groups in total. The molecule has 0 radical (unpaired) electrons. The van der Waals surface area contributed by atoms with E-state index in [1.54, 1.807) is 36.0 Å². The lowest BCUT2D eigenvalue weighted by Crippen LogP contribution is -2.31. The summed E-state index contributed by atoms with van der Waals surface area (Å²) in [6.45, 7) is -0.381. The third kappa shape index (κ3) is 5.89. The second-order valence-electron chi connectivity index (χ2n) is 9.65. The summed E-state index contributed by atoms with van der Waals surface area (Å²) in [7, 11) is 0. The largest absolute Gasteiger partial charge is 0.454 e. The molecule has 1 heterocycles. The van der Waals surface area contributed by atoms with Crippen LogP contribution in [0.15, 0.2) is 78.9 Å². The van der Waals surface area contributed by atoms with E-state index < -0.39 is 5.97 Å². The topological polar surface area (TPSA) is 80.8 Å². The van der Waals surface area contributed by atoms with Gasteiger partial charge in [-0.2, -0.15) is 0 Å².